The van der Waals surface area contributed by atoms with Crippen molar-refractivity contribution in [1.82, 2.24) is 10.6 Å². The van der Waals surface area contributed by atoms with Crippen molar-refractivity contribution < 1.29 is 9.53 Å². The number of methoxy groups -OCH3 is 1. The van der Waals surface area contributed by atoms with Gasteiger partial charge in [0.2, 0.25) is 3.79 Å². The predicted octanol–water partition coefficient (Wildman–Crippen LogP) is 4.33. The number of nitrogens with one attached hydrogen (secondary N) is 3. The first kappa shape index (κ1) is 19.7. The summed E-state index contributed by atoms with van der Waals surface area (Å²) in [6.07, 6.45) is -1.95. The third kappa shape index (κ3) is 6.02. The number of thiocarbonyl (C=S) groups is 1. The molecular weight excluding hydrogens is 415 g/mol. The number of para-hydroxylation sites is 1. The third-order valence-electron chi connectivity index (χ3n) is 2.25. The summed E-state index contributed by atoms with van der Waals surface area (Å²) in [5.41, 5.74) is 0.379. The minimum absolute atomic E-state index is 0.0303. The van der Waals surface area contributed by atoms with Gasteiger partial charge in [0.05, 0.1) is 22.8 Å². The van der Waals surface area contributed by atoms with Gasteiger partial charge >= 0.3 is 6.09 Å². The van der Waals surface area contributed by atoms with Crippen molar-refractivity contribution >= 4 is 87.1 Å². The molecule has 0 unspecified atom stereocenters. The van der Waals surface area contributed by atoms with Crippen molar-refractivity contribution in [2.45, 2.75) is 9.96 Å². The topological polar surface area (TPSA) is 62.4 Å². The Labute approximate surface area is 157 Å². The maximum Gasteiger partial charge on any atom is 0.408 e. The van der Waals surface area contributed by atoms with Crippen molar-refractivity contribution in [3.63, 3.8) is 0 Å². The lowest BCUT2D eigenvalue weighted by Gasteiger charge is -2.27. The zero-order valence-electron chi connectivity index (χ0n) is 10.9. The van der Waals surface area contributed by atoms with Gasteiger partial charge in [0, 0.05) is 0 Å². The number of alkyl halides is 3. The molecule has 0 aromatic heterocycles. The second-order valence-corrected chi connectivity index (χ2v) is 7.40. The molecule has 0 heterocycles. The second kappa shape index (κ2) is 8.47. The molecule has 0 saturated carbocycles. The number of anilines is 1. The van der Waals surface area contributed by atoms with Crippen molar-refractivity contribution in [3.8, 4) is 0 Å². The summed E-state index contributed by atoms with van der Waals surface area (Å²) in [6, 6.07) is 4.92. The number of alkyl carbamates (subject to hydrolysis) is 1. The molecule has 0 aliphatic rings. The van der Waals surface area contributed by atoms with E-state index in [1.165, 1.54) is 7.11 Å². The van der Waals surface area contributed by atoms with Crippen molar-refractivity contribution in [2.24, 2.45) is 0 Å². The van der Waals surface area contributed by atoms with Gasteiger partial charge in [0.25, 0.3) is 0 Å². The smallest absolute Gasteiger partial charge is 0.408 e. The molecule has 0 radical (unpaired) electrons. The zero-order chi connectivity index (χ0) is 16.9. The molecule has 0 saturated heterocycles. The number of carbonyl (C=O) groups is 1. The fraction of sp³-hybridized carbons (Fsp3) is 0.273. The largest absolute Gasteiger partial charge is 0.453 e. The highest BCUT2D eigenvalue weighted by Gasteiger charge is 2.35. The maximum atomic E-state index is 11.3. The average Bonchev–Trinajstić information content (AvgIpc) is 2.41. The molecule has 0 bridgehead atoms. The van der Waals surface area contributed by atoms with Gasteiger partial charge in [-0.15, -0.1) is 0 Å². The van der Waals surface area contributed by atoms with E-state index in [9.17, 15) is 4.79 Å². The summed E-state index contributed by atoms with van der Waals surface area (Å²) in [5, 5.41) is 8.40. The van der Waals surface area contributed by atoms with Crippen LogP contribution in [0.15, 0.2) is 18.2 Å². The van der Waals surface area contributed by atoms with E-state index < -0.39 is 16.1 Å². The Kier molecular flexibility index (Phi) is 7.58. The Morgan fingerprint density at radius 1 is 1.23 bits per heavy atom. The Hall–Kier alpha value is -0.370. The Morgan fingerprint density at radius 2 is 1.77 bits per heavy atom. The number of ether oxygens (including phenoxy) is 1. The van der Waals surface area contributed by atoms with Gasteiger partial charge < -0.3 is 15.4 Å². The van der Waals surface area contributed by atoms with Crippen LogP contribution >= 0.6 is 70.2 Å². The number of benzene rings is 1. The fourth-order valence-electron chi connectivity index (χ4n) is 1.27. The number of carbonyl (C=O) groups excluding carboxylic acids is 1. The molecule has 1 atom stereocenters. The molecule has 0 fully saturated rings. The van der Waals surface area contributed by atoms with Crippen LogP contribution in [-0.4, -0.2) is 28.3 Å². The molecule has 0 aliphatic carbocycles. The molecule has 22 heavy (non-hydrogen) atoms. The summed E-state index contributed by atoms with van der Waals surface area (Å²) in [6.45, 7) is 0. The van der Waals surface area contributed by atoms with E-state index in [-0.39, 0.29) is 5.11 Å². The van der Waals surface area contributed by atoms with Crippen molar-refractivity contribution in [3.05, 3.63) is 28.2 Å². The lowest BCUT2D eigenvalue weighted by molar-refractivity contribution is 0.166. The van der Waals surface area contributed by atoms with Crippen LogP contribution in [0.3, 0.4) is 0 Å². The highest BCUT2D eigenvalue weighted by Crippen LogP contribution is 2.31. The lowest BCUT2D eigenvalue weighted by Crippen LogP contribution is -2.56. The zero-order valence-corrected chi connectivity index (χ0v) is 15.5. The maximum absolute atomic E-state index is 11.3. The van der Waals surface area contributed by atoms with Crippen molar-refractivity contribution in [2.75, 3.05) is 12.4 Å². The van der Waals surface area contributed by atoms with Crippen LogP contribution in [0, 0.1) is 0 Å². The summed E-state index contributed by atoms with van der Waals surface area (Å²) in [7, 11) is 1.17. The summed E-state index contributed by atoms with van der Waals surface area (Å²) >= 11 is 34.4. The van der Waals surface area contributed by atoms with Crippen LogP contribution in [-0.2, 0) is 4.74 Å². The van der Waals surface area contributed by atoms with Gasteiger partial charge in [0.15, 0.2) is 11.3 Å². The Bertz CT molecular complexity index is 547. The molecular formula is C11H10Cl5N3O2S. The minimum atomic E-state index is -1.88. The molecule has 11 heteroatoms. The van der Waals surface area contributed by atoms with Crippen LogP contribution in [0.25, 0.3) is 0 Å². The Morgan fingerprint density at radius 3 is 2.23 bits per heavy atom. The normalized spacial score (nSPS) is 12.3. The van der Waals surface area contributed by atoms with E-state index in [0.29, 0.717) is 15.7 Å². The van der Waals surface area contributed by atoms with E-state index >= 15 is 0 Å². The number of halogens is 5. The van der Waals surface area contributed by atoms with Crippen LogP contribution < -0.4 is 16.0 Å². The first-order chi connectivity index (χ1) is 10.1. The summed E-state index contributed by atoms with van der Waals surface area (Å²) in [4.78, 5) is 11.3. The average molecular weight is 426 g/mol. The molecule has 1 aromatic rings. The highest BCUT2D eigenvalue weighted by atomic mass is 35.6. The van der Waals surface area contributed by atoms with Crippen LogP contribution in [0.2, 0.25) is 10.0 Å². The lowest BCUT2D eigenvalue weighted by atomic mass is 10.3. The van der Waals surface area contributed by atoms with E-state index in [1.54, 1.807) is 18.2 Å². The number of hydrogen-bond donors (Lipinski definition) is 3. The van der Waals surface area contributed by atoms with Crippen LogP contribution in [0.4, 0.5) is 10.5 Å². The van der Waals surface area contributed by atoms with Crippen LogP contribution in [0.5, 0.6) is 0 Å². The molecule has 5 nitrogen and oxygen atoms in total. The summed E-state index contributed by atoms with van der Waals surface area (Å²) in [5.74, 6) is 0. The fourth-order valence-corrected chi connectivity index (χ4v) is 2.31. The predicted molar refractivity (Wildman–Crippen MR) is 95.4 cm³/mol. The number of rotatable bonds is 3. The van der Waals surface area contributed by atoms with Gasteiger partial charge in [-0.25, -0.2) is 4.79 Å². The van der Waals surface area contributed by atoms with E-state index in [0.717, 1.165) is 0 Å². The molecule has 0 aliphatic heterocycles. The molecule has 3 N–H and O–H groups in total. The van der Waals surface area contributed by atoms with E-state index in [4.69, 9.17) is 70.2 Å². The number of hydrogen-bond acceptors (Lipinski definition) is 3. The minimum Gasteiger partial charge on any atom is -0.453 e. The molecule has 1 aromatic carbocycles. The first-order valence-corrected chi connectivity index (χ1v) is 7.87. The van der Waals surface area contributed by atoms with Crippen LogP contribution in [0.1, 0.15) is 0 Å². The van der Waals surface area contributed by atoms with Gasteiger partial charge in [0.1, 0.15) is 0 Å². The van der Waals surface area contributed by atoms with Gasteiger partial charge in [-0.1, -0.05) is 64.1 Å². The monoisotopic (exact) mass is 423 g/mol. The van der Waals surface area contributed by atoms with E-state index in [1.807, 2.05) is 0 Å². The van der Waals surface area contributed by atoms with Crippen molar-refractivity contribution in [1.29, 1.82) is 0 Å². The number of amides is 1. The molecule has 1 amide bonds. The van der Waals surface area contributed by atoms with Gasteiger partial charge in [-0.3, -0.25) is 5.32 Å². The van der Waals surface area contributed by atoms with Gasteiger partial charge in [-0.2, -0.15) is 0 Å². The van der Waals surface area contributed by atoms with E-state index in [2.05, 4.69) is 20.7 Å². The SMILES string of the molecule is COC(=O)N[C@@H](NC(=S)Nc1c(Cl)cccc1Cl)C(Cl)(Cl)Cl. The van der Waals surface area contributed by atoms with Gasteiger partial charge in [-0.05, 0) is 24.4 Å². The molecule has 122 valence electrons. The Balaban J connectivity index is 2.81. The third-order valence-corrected chi connectivity index (χ3v) is 3.76. The second-order valence-electron chi connectivity index (χ2n) is 3.81. The standard InChI is InChI=1S/C11H10Cl5N3O2S/c1-21-10(20)19-8(11(14,15)16)18-9(22)17-7-5(12)3-2-4-6(7)13/h2-4,8H,1H3,(H,19,20)(H2,17,18,22)/t8-/m1/s1. The first-order valence-electron chi connectivity index (χ1n) is 5.58. The highest BCUT2D eigenvalue weighted by molar-refractivity contribution is 7.80. The quantitative estimate of drug-likeness (QED) is 0.382. The molecule has 1 rings (SSSR count). The molecule has 0 spiro atoms. The summed E-state index contributed by atoms with van der Waals surface area (Å²) < 4.78 is 2.56.